The molecule has 128 valence electrons. The molecule has 2 rings (SSSR count). The van der Waals surface area contributed by atoms with Crippen LogP contribution < -0.4 is 5.32 Å². The first-order valence-electron chi connectivity index (χ1n) is 8.13. The highest BCUT2D eigenvalue weighted by Crippen LogP contribution is 2.34. The topological polar surface area (TPSA) is 32.3 Å². The van der Waals surface area contributed by atoms with Crippen LogP contribution in [0, 0.1) is 0 Å². The second-order valence-electron chi connectivity index (χ2n) is 5.87. The number of rotatable bonds is 5. The van der Waals surface area contributed by atoms with Crippen molar-refractivity contribution in [1.82, 2.24) is 4.90 Å². The number of amides is 1. The lowest BCUT2D eigenvalue weighted by Gasteiger charge is -2.35. The highest BCUT2D eigenvalue weighted by molar-refractivity contribution is 5.77. The van der Waals surface area contributed by atoms with Gasteiger partial charge in [-0.1, -0.05) is 19.1 Å². The van der Waals surface area contributed by atoms with Gasteiger partial charge in [0, 0.05) is 31.2 Å². The quantitative estimate of drug-likeness (QED) is 0.874. The van der Waals surface area contributed by atoms with E-state index in [0.29, 0.717) is 0 Å². The number of alkyl halides is 3. The smallest absolute Gasteiger partial charge is 0.384 e. The van der Waals surface area contributed by atoms with Crippen molar-refractivity contribution in [3.63, 3.8) is 0 Å². The number of hydrogen-bond acceptors (Lipinski definition) is 2. The minimum absolute atomic E-state index is 0.0218. The molecule has 0 aliphatic carbocycles. The van der Waals surface area contributed by atoms with Crippen molar-refractivity contribution in [3.05, 3.63) is 29.8 Å². The maximum Gasteiger partial charge on any atom is 0.418 e. The van der Waals surface area contributed by atoms with Crippen LogP contribution in [0.3, 0.4) is 0 Å². The molecule has 6 heteroatoms. The van der Waals surface area contributed by atoms with Crippen molar-refractivity contribution >= 4 is 11.6 Å². The van der Waals surface area contributed by atoms with E-state index in [1.807, 2.05) is 4.90 Å². The molecule has 1 aromatic rings. The number of benzene rings is 1. The Morgan fingerprint density at radius 3 is 2.74 bits per heavy atom. The molecule has 1 aromatic carbocycles. The summed E-state index contributed by atoms with van der Waals surface area (Å²) in [5, 5.41) is 2.76. The Hall–Kier alpha value is -1.72. The summed E-state index contributed by atoms with van der Waals surface area (Å²) in [6, 6.07) is 5.62. The maximum atomic E-state index is 12.9. The molecule has 0 bridgehead atoms. The molecular formula is C17H23F3N2O. The molecule has 1 saturated heterocycles. The van der Waals surface area contributed by atoms with Gasteiger partial charge in [-0.25, -0.2) is 0 Å². The summed E-state index contributed by atoms with van der Waals surface area (Å²) in [7, 11) is 0. The molecular weight excluding hydrogens is 305 g/mol. The zero-order chi connectivity index (χ0) is 16.9. The molecule has 1 N–H and O–H groups in total. The number of carbonyl (C=O) groups is 1. The van der Waals surface area contributed by atoms with Crippen LogP contribution in [-0.2, 0) is 11.0 Å². The molecule has 23 heavy (non-hydrogen) atoms. The van der Waals surface area contributed by atoms with Gasteiger partial charge in [-0.05, 0) is 37.8 Å². The Labute approximate surface area is 134 Å². The van der Waals surface area contributed by atoms with E-state index in [1.165, 1.54) is 12.1 Å². The van der Waals surface area contributed by atoms with E-state index >= 15 is 0 Å². The molecule has 1 fully saturated rings. The summed E-state index contributed by atoms with van der Waals surface area (Å²) in [4.78, 5) is 14.2. The normalized spacial score (nSPS) is 18.8. The summed E-state index contributed by atoms with van der Waals surface area (Å²) >= 11 is 0. The highest BCUT2D eigenvalue weighted by Gasteiger charge is 2.33. The van der Waals surface area contributed by atoms with E-state index in [2.05, 4.69) is 12.2 Å². The molecule has 1 unspecified atom stereocenters. The number of nitrogens with zero attached hydrogens (tertiary/aromatic N) is 1. The van der Waals surface area contributed by atoms with Gasteiger partial charge >= 0.3 is 6.18 Å². The van der Waals surface area contributed by atoms with Crippen LogP contribution >= 0.6 is 0 Å². The van der Waals surface area contributed by atoms with Crippen LogP contribution in [0.4, 0.5) is 18.9 Å². The largest absolute Gasteiger partial charge is 0.418 e. The number of carbonyl (C=O) groups excluding carboxylic acids is 1. The third-order valence-electron chi connectivity index (χ3n) is 4.31. The van der Waals surface area contributed by atoms with Crippen LogP contribution in [0.25, 0.3) is 0 Å². The third kappa shape index (κ3) is 4.62. The van der Waals surface area contributed by atoms with Crippen LogP contribution in [0.5, 0.6) is 0 Å². The van der Waals surface area contributed by atoms with Gasteiger partial charge in [-0.3, -0.25) is 4.79 Å². The van der Waals surface area contributed by atoms with Crippen LogP contribution in [0.1, 0.15) is 44.6 Å². The fraction of sp³-hybridized carbons (Fsp3) is 0.588. The zero-order valence-corrected chi connectivity index (χ0v) is 13.3. The van der Waals surface area contributed by atoms with Gasteiger partial charge < -0.3 is 10.2 Å². The Bertz CT molecular complexity index is 531. The monoisotopic (exact) mass is 328 g/mol. The highest BCUT2D eigenvalue weighted by atomic mass is 19.4. The molecule has 1 aliphatic rings. The lowest BCUT2D eigenvalue weighted by Crippen LogP contribution is -2.43. The maximum absolute atomic E-state index is 12.9. The summed E-state index contributed by atoms with van der Waals surface area (Å²) in [6.07, 6.45) is -0.0921. The molecule has 0 radical (unpaired) electrons. The van der Waals surface area contributed by atoms with Gasteiger partial charge in [0.15, 0.2) is 0 Å². The summed E-state index contributed by atoms with van der Waals surface area (Å²) < 4.78 is 38.7. The lowest BCUT2D eigenvalue weighted by atomic mass is 9.99. The van der Waals surface area contributed by atoms with Crippen LogP contribution in [-0.4, -0.2) is 29.9 Å². The number of piperidine rings is 1. The van der Waals surface area contributed by atoms with E-state index < -0.39 is 11.7 Å². The molecule has 1 heterocycles. The number of anilines is 1. The van der Waals surface area contributed by atoms with Crippen LogP contribution in [0.2, 0.25) is 0 Å². The van der Waals surface area contributed by atoms with Gasteiger partial charge in [0.2, 0.25) is 5.91 Å². The van der Waals surface area contributed by atoms with Crippen molar-refractivity contribution in [1.29, 1.82) is 0 Å². The van der Waals surface area contributed by atoms with E-state index in [9.17, 15) is 18.0 Å². The number of likely N-dealkylation sites (tertiary alicyclic amines) is 1. The Kier molecular flexibility index (Phi) is 5.91. The standard InChI is InChI=1S/C17H23F3N2O/c1-2-13-7-5-6-12-22(13)16(23)10-11-21-15-9-4-3-8-14(15)17(18,19)20/h3-4,8-9,13,21H,2,5-7,10-12H2,1H3. The Balaban J connectivity index is 1.91. The van der Waals surface area contributed by atoms with Crippen LogP contribution in [0.15, 0.2) is 24.3 Å². The first-order chi connectivity index (χ1) is 10.9. The van der Waals surface area contributed by atoms with Gasteiger partial charge in [-0.2, -0.15) is 13.2 Å². The fourth-order valence-corrected chi connectivity index (χ4v) is 3.09. The van der Waals surface area contributed by atoms with Crippen molar-refractivity contribution in [2.24, 2.45) is 0 Å². The molecule has 1 amide bonds. The molecule has 0 aromatic heterocycles. The summed E-state index contributed by atoms with van der Waals surface area (Å²) in [5.74, 6) is 0.0218. The average molecular weight is 328 g/mol. The van der Waals surface area contributed by atoms with Gasteiger partial charge in [-0.15, -0.1) is 0 Å². The predicted molar refractivity (Wildman–Crippen MR) is 84.2 cm³/mol. The van der Waals surface area contributed by atoms with Crippen molar-refractivity contribution in [2.75, 3.05) is 18.4 Å². The van der Waals surface area contributed by atoms with Gasteiger partial charge in [0.05, 0.1) is 5.56 Å². The van der Waals surface area contributed by atoms with Crippen molar-refractivity contribution in [3.8, 4) is 0 Å². The summed E-state index contributed by atoms with van der Waals surface area (Å²) in [5.41, 5.74) is -0.671. The van der Waals surface area contributed by atoms with E-state index in [4.69, 9.17) is 0 Å². The minimum atomic E-state index is -4.40. The second kappa shape index (κ2) is 7.70. The Morgan fingerprint density at radius 2 is 2.04 bits per heavy atom. The molecule has 1 aliphatic heterocycles. The molecule has 0 spiro atoms. The first kappa shape index (κ1) is 17.6. The van der Waals surface area contributed by atoms with Crippen molar-refractivity contribution in [2.45, 2.75) is 51.2 Å². The lowest BCUT2D eigenvalue weighted by molar-refractivity contribution is -0.137. The zero-order valence-electron chi connectivity index (χ0n) is 13.3. The number of para-hydroxylation sites is 1. The second-order valence-corrected chi connectivity index (χ2v) is 5.87. The predicted octanol–water partition coefficient (Wildman–Crippen LogP) is 4.30. The van der Waals surface area contributed by atoms with E-state index in [0.717, 1.165) is 38.3 Å². The number of halogens is 3. The fourth-order valence-electron chi connectivity index (χ4n) is 3.09. The third-order valence-corrected chi connectivity index (χ3v) is 4.31. The molecule has 3 nitrogen and oxygen atoms in total. The van der Waals surface area contributed by atoms with Gasteiger partial charge in [0.25, 0.3) is 0 Å². The number of hydrogen-bond donors (Lipinski definition) is 1. The SMILES string of the molecule is CCC1CCCCN1C(=O)CCNc1ccccc1C(F)(F)F. The van der Waals surface area contributed by atoms with Crippen molar-refractivity contribution < 1.29 is 18.0 Å². The first-order valence-corrected chi connectivity index (χ1v) is 8.13. The number of nitrogens with one attached hydrogen (secondary N) is 1. The molecule has 0 saturated carbocycles. The summed E-state index contributed by atoms with van der Waals surface area (Å²) in [6.45, 7) is 3.03. The van der Waals surface area contributed by atoms with E-state index in [1.54, 1.807) is 6.07 Å². The van der Waals surface area contributed by atoms with E-state index in [-0.39, 0.29) is 30.6 Å². The Morgan fingerprint density at radius 1 is 1.30 bits per heavy atom. The average Bonchev–Trinajstić information content (AvgIpc) is 2.54. The molecule has 1 atom stereocenters. The van der Waals surface area contributed by atoms with Gasteiger partial charge in [0.1, 0.15) is 0 Å². The minimum Gasteiger partial charge on any atom is -0.384 e.